The van der Waals surface area contributed by atoms with Crippen molar-refractivity contribution >= 4 is 57.5 Å². The summed E-state index contributed by atoms with van der Waals surface area (Å²) in [5, 5.41) is 4.28. The van der Waals surface area contributed by atoms with Crippen LogP contribution in [0.15, 0.2) is 47.5 Å². The van der Waals surface area contributed by atoms with Gasteiger partial charge in [0.05, 0.1) is 35.8 Å². The average Bonchev–Trinajstić information content (AvgIpc) is 3.43. The summed E-state index contributed by atoms with van der Waals surface area (Å²) in [7, 11) is 1.21. The number of carbonyl (C=O) groups excluding carboxylic acids is 3. The highest BCUT2D eigenvalue weighted by atomic mass is 35.5. The van der Waals surface area contributed by atoms with Crippen LogP contribution < -0.4 is 0 Å². The van der Waals surface area contributed by atoms with E-state index in [1.165, 1.54) is 36.2 Å². The van der Waals surface area contributed by atoms with Crippen molar-refractivity contribution in [1.29, 1.82) is 0 Å². The minimum atomic E-state index is -4.57. The molecule has 2 saturated heterocycles. The Morgan fingerprint density at radius 2 is 1.95 bits per heavy atom. The number of hydrogen-bond acceptors (Lipinski definition) is 7. The Morgan fingerprint density at radius 1 is 1.21 bits per heavy atom. The van der Waals surface area contributed by atoms with Crippen molar-refractivity contribution in [2.75, 3.05) is 20.3 Å². The summed E-state index contributed by atoms with van der Waals surface area (Å²) in [5.74, 6) is -1.27. The number of halogens is 4. The molecule has 3 aromatic rings. The Bertz CT molecular complexity index is 1510. The fourth-order valence-electron chi connectivity index (χ4n) is 4.84. The number of benzene rings is 2. The van der Waals surface area contributed by atoms with Crippen molar-refractivity contribution < 1.29 is 37.0 Å². The van der Waals surface area contributed by atoms with Gasteiger partial charge in [0.25, 0.3) is 11.1 Å². The Labute approximate surface area is 229 Å². The fraction of sp³-hybridized carbons (Fsp3) is 0.308. The van der Waals surface area contributed by atoms with Gasteiger partial charge in [-0.3, -0.25) is 19.2 Å². The van der Waals surface area contributed by atoms with E-state index >= 15 is 0 Å². The predicted molar refractivity (Wildman–Crippen MR) is 138 cm³/mol. The first kappa shape index (κ1) is 27.2. The van der Waals surface area contributed by atoms with Crippen LogP contribution in [0, 0.1) is 0 Å². The molecule has 2 amide bonds. The van der Waals surface area contributed by atoms with Crippen LogP contribution in [0.2, 0.25) is 5.02 Å². The molecule has 39 heavy (non-hydrogen) atoms. The maximum atomic E-state index is 13.5. The number of carbonyl (C=O) groups is 3. The fourth-order valence-corrected chi connectivity index (χ4v) is 5.92. The summed E-state index contributed by atoms with van der Waals surface area (Å²) in [5.41, 5.74) is -1.09. The molecular weight excluding hydrogens is 559 g/mol. The van der Waals surface area contributed by atoms with Crippen molar-refractivity contribution in [3.8, 4) is 0 Å². The van der Waals surface area contributed by atoms with Crippen molar-refractivity contribution in [1.82, 2.24) is 14.7 Å². The molecule has 0 spiro atoms. The Hall–Kier alpha value is -3.35. The molecule has 2 aromatic carbocycles. The lowest BCUT2D eigenvalue weighted by atomic mass is 9.88. The molecular formula is C26H21ClF3N3O5S. The molecule has 0 atom stereocenters. The van der Waals surface area contributed by atoms with E-state index in [9.17, 15) is 27.6 Å². The SMILES string of the molecule is COC(=O)C1(N2C(=O)S/C(=C\c3ccc4c(cnn4Cc4ccc(Cl)cc4C(F)(F)F)c3)C2=O)CCOCC1. The highest BCUT2D eigenvalue weighted by molar-refractivity contribution is 8.18. The van der Waals surface area contributed by atoms with Gasteiger partial charge in [0.15, 0.2) is 5.54 Å². The van der Waals surface area contributed by atoms with E-state index in [1.54, 1.807) is 18.2 Å². The van der Waals surface area contributed by atoms with E-state index < -0.39 is 34.4 Å². The summed E-state index contributed by atoms with van der Waals surface area (Å²) in [4.78, 5) is 40.0. The number of alkyl halides is 3. The lowest BCUT2D eigenvalue weighted by Crippen LogP contribution is -2.59. The first-order chi connectivity index (χ1) is 18.5. The monoisotopic (exact) mass is 579 g/mol. The minimum absolute atomic E-state index is 0.0141. The molecule has 0 N–H and O–H groups in total. The van der Waals surface area contributed by atoms with Crippen molar-refractivity contribution in [2.45, 2.75) is 31.1 Å². The van der Waals surface area contributed by atoms with Crippen LogP contribution in [0.1, 0.15) is 29.5 Å². The number of aromatic nitrogens is 2. The molecule has 2 aliphatic heterocycles. The van der Waals surface area contributed by atoms with Crippen LogP contribution in [0.5, 0.6) is 0 Å². The molecule has 0 unspecified atom stereocenters. The molecule has 0 radical (unpaired) electrons. The number of rotatable bonds is 5. The number of esters is 1. The zero-order valence-electron chi connectivity index (χ0n) is 20.5. The first-order valence-corrected chi connectivity index (χ1v) is 13.0. The highest BCUT2D eigenvalue weighted by Gasteiger charge is 2.55. The summed E-state index contributed by atoms with van der Waals surface area (Å²) >= 11 is 6.51. The van der Waals surface area contributed by atoms with Gasteiger partial charge in [0.2, 0.25) is 0 Å². The van der Waals surface area contributed by atoms with E-state index in [4.69, 9.17) is 21.1 Å². The van der Waals surface area contributed by atoms with E-state index in [0.717, 1.165) is 22.7 Å². The summed E-state index contributed by atoms with van der Waals surface area (Å²) in [6.45, 7) is 0.279. The Morgan fingerprint density at radius 3 is 2.64 bits per heavy atom. The molecule has 0 saturated carbocycles. The lowest BCUT2D eigenvalue weighted by molar-refractivity contribution is -0.162. The third-order valence-corrected chi connectivity index (χ3v) is 7.87. The summed E-state index contributed by atoms with van der Waals surface area (Å²) in [6.07, 6.45) is -1.25. The van der Waals surface area contributed by atoms with Crippen molar-refractivity contribution in [3.05, 3.63) is 69.2 Å². The number of methoxy groups -OCH3 is 1. The van der Waals surface area contributed by atoms with Gasteiger partial charge < -0.3 is 9.47 Å². The predicted octanol–water partition coefficient (Wildman–Crippen LogP) is 5.52. The Balaban J connectivity index is 1.43. The second-order valence-corrected chi connectivity index (χ2v) is 10.5. The summed E-state index contributed by atoms with van der Waals surface area (Å²) in [6, 6.07) is 8.67. The Kier molecular flexibility index (Phi) is 7.21. The van der Waals surface area contributed by atoms with Gasteiger partial charge in [-0.25, -0.2) is 4.79 Å². The third-order valence-electron chi connectivity index (χ3n) is 6.77. The first-order valence-electron chi connectivity index (χ1n) is 11.8. The van der Waals surface area contributed by atoms with Crippen molar-refractivity contribution in [3.63, 3.8) is 0 Å². The second-order valence-electron chi connectivity index (χ2n) is 9.07. The number of nitrogens with zero attached hydrogens (tertiary/aromatic N) is 3. The van der Waals surface area contributed by atoms with Gasteiger partial charge in [-0.2, -0.15) is 18.3 Å². The minimum Gasteiger partial charge on any atom is -0.467 e. The normalized spacial score (nSPS) is 18.8. The molecule has 5 rings (SSSR count). The number of amides is 2. The lowest BCUT2D eigenvalue weighted by Gasteiger charge is -2.39. The maximum Gasteiger partial charge on any atom is 0.416 e. The van der Waals surface area contributed by atoms with Crippen LogP contribution >= 0.6 is 23.4 Å². The van der Waals surface area contributed by atoms with Crippen molar-refractivity contribution in [2.24, 2.45) is 0 Å². The van der Waals surface area contributed by atoms with E-state index in [2.05, 4.69) is 5.10 Å². The van der Waals surface area contributed by atoms with E-state index in [1.807, 2.05) is 0 Å². The second kappa shape index (κ2) is 10.3. The molecule has 3 heterocycles. The molecule has 204 valence electrons. The van der Waals surface area contributed by atoms with Gasteiger partial charge in [-0.1, -0.05) is 23.7 Å². The van der Waals surface area contributed by atoms with Gasteiger partial charge in [0, 0.05) is 36.5 Å². The maximum absolute atomic E-state index is 13.5. The topological polar surface area (TPSA) is 90.7 Å². The van der Waals surface area contributed by atoms with Gasteiger partial charge in [-0.15, -0.1) is 0 Å². The largest absolute Gasteiger partial charge is 0.467 e. The van der Waals surface area contributed by atoms with E-state index in [0.29, 0.717) is 16.5 Å². The van der Waals surface area contributed by atoms with Gasteiger partial charge in [-0.05, 0) is 53.2 Å². The van der Waals surface area contributed by atoms with E-state index in [-0.39, 0.29) is 48.1 Å². The van der Waals surface area contributed by atoms with Crippen LogP contribution in [0.3, 0.4) is 0 Å². The number of ether oxygens (including phenoxy) is 2. The smallest absolute Gasteiger partial charge is 0.416 e. The van der Waals surface area contributed by atoms with Crippen LogP contribution in [-0.4, -0.2) is 57.7 Å². The molecule has 0 bridgehead atoms. The zero-order valence-corrected chi connectivity index (χ0v) is 22.0. The zero-order chi connectivity index (χ0) is 27.9. The van der Waals surface area contributed by atoms with Gasteiger partial charge >= 0.3 is 12.1 Å². The highest BCUT2D eigenvalue weighted by Crippen LogP contribution is 2.41. The average molecular weight is 580 g/mol. The molecule has 13 heteroatoms. The quantitative estimate of drug-likeness (QED) is 0.291. The summed E-state index contributed by atoms with van der Waals surface area (Å²) < 4.78 is 52.3. The molecule has 2 aliphatic rings. The van der Waals surface area contributed by atoms with Crippen LogP contribution in [0.4, 0.5) is 18.0 Å². The number of thioether (sulfide) groups is 1. The third kappa shape index (κ3) is 5.04. The molecule has 0 aliphatic carbocycles. The number of fused-ring (bicyclic) bond motifs is 1. The van der Waals surface area contributed by atoms with Gasteiger partial charge in [0.1, 0.15) is 0 Å². The standard InChI is InChI=1S/C26H21ClF3N3O5S/c1-37-23(35)25(6-8-38-9-7-25)33-22(34)21(39-24(33)36)11-15-2-5-20-17(10-15)13-31-32(20)14-16-3-4-18(27)12-19(16)26(28,29)30/h2-5,10-13H,6-9,14H2,1H3/b21-11-. The number of hydrogen-bond donors (Lipinski definition) is 0. The number of imide groups is 1. The molecule has 2 fully saturated rings. The van der Waals surface area contributed by atoms with Crippen LogP contribution in [-0.2, 0) is 31.8 Å². The van der Waals surface area contributed by atoms with Crippen LogP contribution in [0.25, 0.3) is 17.0 Å². The molecule has 1 aromatic heterocycles. The molecule has 8 nitrogen and oxygen atoms in total.